The lowest BCUT2D eigenvalue weighted by molar-refractivity contribution is -0.124. The number of ether oxygens (including phenoxy) is 1. The SMILES string of the molecule is CCC(OC(=O)c1cc2c(s1)CCCC2)C(=O)Nc1ccc(S(N)(=O)=O)cc1. The van der Waals surface area contributed by atoms with Gasteiger partial charge in [-0.2, -0.15) is 0 Å². The monoisotopic (exact) mass is 422 g/mol. The molecule has 0 saturated carbocycles. The van der Waals surface area contributed by atoms with Crippen molar-refractivity contribution in [3.63, 3.8) is 0 Å². The molecule has 0 aliphatic heterocycles. The summed E-state index contributed by atoms with van der Waals surface area (Å²) < 4.78 is 28.0. The Morgan fingerprint density at radius 1 is 1.21 bits per heavy atom. The van der Waals surface area contributed by atoms with Gasteiger partial charge in [0.15, 0.2) is 6.10 Å². The molecule has 1 amide bonds. The predicted molar refractivity (Wildman–Crippen MR) is 107 cm³/mol. The van der Waals surface area contributed by atoms with Gasteiger partial charge in [0.25, 0.3) is 5.91 Å². The Morgan fingerprint density at radius 3 is 2.50 bits per heavy atom. The van der Waals surface area contributed by atoms with Crippen LogP contribution in [0.2, 0.25) is 0 Å². The number of primary sulfonamides is 1. The summed E-state index contributed by atoms with van der Waals surface area (Å²) in [5.41, 5.74) is 1.59. The van der Waals surface area contributed by atoms with Gasteiger partial charge < -0.3 is 10.1 Å². The topological polar surface area (TPSA) is 116 Å². The van der Waals surface area contributed by atoms with Crippen LogP contribution in [0.3, 0.4) is 0 Å². The van der Waals surface area contributed by atoms with Crippen LogP contribution in [0.25, 0.3) is 0 Å². The largest absolute Gasteiger partial charge is 0.448 e. The zero-order valence-corrected chi connectivity index (χ0v) is 17.1. The molecule has 1 aliphatic rings. The molecule has 1 unspecified atom stereocenters. The number of sulfonamides is 1. The number of hydrogen-bond donors (Lipinski definition) is 2. The van der Waals surface area contributed by atoms with E-state index in [4.69, 9.17) is 9.88 Å². The van der Waals surface area contributed by atoms with Gasteiger partial charge in [-0.25, -0.2) is 18.4 Å². The summed E-state index contributed by atoms with van der Waals surface area (Å²) in [5, 5.41) is 7.68. The summed E-state index contributed by atoms with van der Waals surface area (Å²) in [6.07, 6.45) is 3.60. The van der Waals surface area contributed by atoms with E-state index in [0.717, 1.165) is 25.7 Å². The van der Waals surface area contributed by atoms with Crippen LogP contribution in [0.5, 0.6) is 0 Å². The Hall–Kier alpha value is -2.23. The molecule has 1 aliphatic carbocycles. The van der Waals surface area contributed by atoms with Gasteiger partial charge in [-0.15, -0.1) is 11.3 Å². The molecule has 1 heterocycles. The number of nitrogens with one attached hydrogen (secondary N) is 1. The summed E-state index contributed by atoms with van der Waals surface area (Å²) in [7, 11) is -3.80. The van der Waals surface area contributed by atoms with Crippen LogP contribution in [-0.2, 0) is 32.4 Å². The Labute approximate surface area is 167 Å². The van der Waals surface area contributed by atoms with E-state index in [1.807, 2.05) is 6.07 Å². The van der Waals surface area contributed by atoms with Crippen LogP contribution in [0.15, 0.2) is 35.2 Å². The molecular formula is C19H22N2O5S2. The van der Waals surface area contributed by atoms with Gasteiger partial charge in [0.05, 0.1) is 4.90 Å². The summed E-state index contributed by atoms with van der Waals surface area (Å²) in [6, 6.07) is 7.33. The Kier molecular flexibility index (Phi) is 6.17. The highest BCUT2D eigenvalue weighted by atomic mass is 32.2. The first-order valence-corrected chi connectivity index (χ1v) is 11.4. The number of benzene rings is 1. The number of fused-ring (bicyclic) bond motifs is 1. The molecule has 1 aromatic heterocycles. The molecule has 3 rings (SSSR count). The Morgan fingerprint density at radius 2 is 1.89 bits per heavy atom. The van der Waals surface area contributed by atoms with E-state index in [1.165, 1.54) is 46.0 Å². The number of thiophene rings is 1. The molecule has 0 spiro atoms. The minimum absolute atomic E-state index is 0.0503. The smallest absolute Gasteiger partial charge is 0.349 e. The van der Waals surface area contributed by atoms with Crippen molar-refractivity contribution in [1.82, 2.24) is 0 Å². The van der Waals surface area contributed by atoms with Gasteiger partial charge in [0.2, 0.25) is 10.0 Å². The summed E-state index contributed by atoms with van der Waals surface area (Å²) in [4.78, 5) is 26.6. The number of rotatable bonds is 6. The Balaban J connectivity index is 1.64. The molecule has 0 fully saturated rings. The number of esters is 1. The third kappa shape index (κ3) is 4.78. The second-order valence-electron chi connectivity index (χ2n) is 6.63. The number of anilines is 1. The molecule has 2 aromatic rings. The minimum atomic E-state index is -3.80. The molecule has 28 heavy (non-hydrogen) atoms. The predicted octanol–water partition coefficient (Wildman–Crippen LogP) is 2.85. The number of amides is 1. The third-order valence-corrected chi connectivity index (χ3v) is 6.71. The van der Waals surface area contributed by atoms with Gasteiger partial charge >= 0.3 is 5.97 Å². The average molecular weight is 423 g/mol. The van der Waals surface area contributed by atoms with Crippen LogP contribution in [0.1, 0.15) is 46.3 Å². The van der Waals surface area contributed by atoms with E-state index in [9.17, 15) is 18.0 Å². The van der Waals surface area contributed by atoms with Crippen molar-refractivity contribution in [2.75, 3.05) is 5.32 Å². The second-order valence-corrected chi connectivity index (χ2v) is 9.33. The summed E-state index contributed by atoms with van der Waals surface area (Å²) in [5.74, 6) is -0.966. The fraction of sp³-hybridized carbons (Fsp3) is 0.368. The quantitative estimate of drug-likeness (QED) is 0.695. The van der Waals surface area contributed by atoms with Crippen molar-refractivity contribution in [3.8, 4) is 0 Å². The number of hydrogen-bond acceptors (Lipinski definition) is 6. The van der Waals surface area contributed by atoms with Gasteiger partial charge in [0.1, 0.15) is 4.88 Å². The van der Waals surface area contributed by atoms with E-state index in [-0.39, 0.29) is 4.90 Å². The first-order chi connectivity index (χ1) is 13.3. The molecule has 7 nitrogen and oxygen atoms in total. The number of carbonyl (C=O) groups is 2. The number of nitrogens with two attached hydrogens (primary N) is 1. The Bertz CT molecular complexity index is 957. The number of aryl methyl sites for hydroxylation is 2. The van der Waals surface area contributed by atoms with Crippen molar-refractivity contribution >= 4 is 38.9 Å². The minimum Gasteiger partial charge on any atom is -0.448 e. The van der Waals surface area contributed by atoms with Crippen LogP contribution in [-0.4, -0.2) is 26.4 Å². The van der Waals surface area contributed by atoms with Gasteiger partial charge in [-0.05, 0) is 68.0 Å². The molecule has 1 atom stereocenters. The van der Waals surface area contributed by atoms with Gasteiger partial charge in [-0.1, -0.05) is 6.92 Å². The van der Waals surface area contributed by atoms with E-state index >= 15 is 0 Å². The zero-order valence-electron chi connectivity index (χ0n) is 15.4. The van der Waals surface area contributed by atoms with E-state index in [0.29, 0.717) is 17.0 Å². The van der Waals surface area contributed by atoms with Gasteiger partial charge in [-0.3, -0.25) is 4.79 Å². The van der Waals surface area contributed by atoms with Crippen molar-refractivity contribution in [3.05, 3.63) is 45.6 Å². The molecule has 0 radical (unpaired) electrons. The molecule has 0 saturated heterocycles. The van der Waals surface area contributed by atoms with Crippen molar-refractivity contribution in [2.24, 2.45) is 5.14 Å². The highest BCUT2D eigenvalue weighted by molar-refractivity contribution is 7.89. The molecular weight excluding hydrogens is 400 g/mol. The maximum atomic E-state index is 12.5. The van der Waals surface area contributed by atoms with Crippen molar-refractivity contribution < 1.29 is 22.7 Å². The number of carbonyl (C=O) groups excluding carboxylic acids is 2. The third-order valence-electron chi connectivity index (χ3n) is 4.56. The first kappa shape index (κ1) is 20.5. The molecule has 9 heteroatoms. The lowest BCUT2D eigenvalue weighted by atomic mass is 9.99. The zero-order chi connectivity index (χ0) is 20.3. The fourth-order valence-electron chi connectivity index (χ4n) is 3.05. The van der Waals surface area contributed by atoms with Crippen LogP contribution >= 0.6 is 11.3 Å². The highest BCUT2D eigenvalue weighted by Gasteiger charge is 2.25. The maximum Gasteiger partial charge on any atom is 0.349 e. The standard InChI is InChI=1S/C19H22N2O5S2/c1-2-15(18(22)21-13-7-9-14(10-8-13)28(20,24)25)26-19(23)17-11-12-5-3-4-6-16(12)27-17/h7-11,15H,2-6H2,1H3,(H,21,22)(H2,20,24,25). The maximum absolute atomic E-state index is 12.5. The summed E-state index contributed by atoms with van der Waals surface area (Å²) in [6.45, 7) is 1.75. The normalized spacial score (nSPS) is 14.8. The summed E-state index contributed by atoms with van der Waals surface area (Å²) >= 11 is 1.44. The van der Waals surface area contributed by atoms with E-state index in [1.54, 1.807) is 6.92 Å². The van der Waals surface area contributed by atoms with Crippen molar-refractivity contribution in [1.29, 1.82) is 0 Å². The van der Waals surface area contributed by atoms with Crippen LogP contribution < -0.4 is 10.5 Å². The molecule has 3 N–H and O–H groups in total. The second kappa shape index (κ2) is 8.42. The molecule has 1 aromatic carbocycles. The average Bonchev–Trinajstić information content (AvgIpc) is 3.10. The van der Waals surface area contributed by atoms with Crippen LogP contribution in [0, 0.1) is 0 Å². The lowest BCUT2D eigenvalue weighted by Crippen LogP contribution is -2.31. The van der Waals surface area contributed by atoms with Crippen molar-refractivity contribution in [2.45, 2.75) is 50.0 Å². The van der Waals surface area contributed by atoms with E-state index in [2.05, 4.69) is 5.32 Å². The first-order valence-electron chi connectivity index (χ1n) is 9.04. The molecule has 0 bridgehead atoms. The van der Waals surface area contributed by atoms with E-state index < -0.39 is 28.0 Å². The fourth-order valence-corrected chi connectivity index (χ4v) is 4.70. The van der Waals surface area contributed by atoms with Crippen LogP contribution in [0.4, 0.5) is 5.69 Å². The molecule has 150 valence electrons. The lowest BCUT2D eigenvalue weighted by Gasteiger charge is -2.15. The highest BCUT2D eigenvalue weighted by Crippen LogP contribution is 2.30. The van der Waals surface area contributed by atoms with Gasteiger partial charge in [0, 0.05) is 10.6 Å².